The fourth-order valence-corrected chi connectivity index (χ4v) is 3.13. The van der Waals surface area contributed by atoms with Gasteiger partial charge in [-0.25, -0.2) is 9.48 Å². The molecule has 1 aliphatic rings. The van der Waals surface area contributed by atoms with Crippen molar-refractivity contribution in [3.63, 3.8) is 0 Å². The van der Waals surface area contributed by atoms with Crippen molar-refractivity contribution >= 4 is 29.4 Å². The van der Waals surface area contributed by atoms with Crippen LogP contribution in [0.2, 0.25) is 5.02 Å². The minimum Gasteiger partial charge on any atom is -0.343 e. The van der Waals surface area contributed by atoms with Crippen LogP contribution in [0.4, 0.5) is 10.6 Å². The second-order valence-electron chi connectivity index (χ2n) is 6.38. The van der Waals surface area contributed by atoms with Gasteiger partial charge in [-0.3, -0.25) is 10.1 Å². The lowest BCUT2D eigenvalue weighted by Gasteiger charge is -2.31. The quantitative estimate of drug-likeness (QED) is 0.862. The highest BCUT2D eigenvalue weighted by molar-refractivity contribution is 6.30. The molecule has 2 N–H and O–H groups in total. The highest BCUT2D eigenvalue weighted by Crippen LogP contribution is 2.14. The van der Waals surface area contributed by atoms with Gasteiger partial charge in [-0.1, -0.05) is 23.7 Å². The van der Waals surface area contributed by atoms with Crippen molar-refractivity contribution in [3.05, 3.63) is 47.1 Å². The molecule has 0 saturated carbocycles. The monoisotopic (exact) mass is 375 g/mol. The molecule has 2 aromatic rings. The second kappa shape index (κ2) is 8.23. The average molecular weight is 376 g/mol. The number of nitrogens with zero attached hydrogens (tertiary/aromatic N) is 3. The largest absolute Gasteiger partial charge is 0.343 e. The molecule has 0 spiro atoms. The predicted molar refractivity (Wildman–Crippen MR) is 100 cm³/mol. The number of aromatic nitrogens is 2. The molecule has 0 aliphatic carbocycles. The van der Waals surface area contributed by atoms with Gasteiger partial charge in [-0.15, -0.1) is 0 Å². The minimum absolute atomic E-state index is 0.0678. The number of carbonyl (C=O) groups is 2. The molecule has 26 heavy (non-hydrogen) atoms. The summed E-state index contributed by atoms with van der Waals surface area (Å²) >= 11 is 5.90. The molecule has 3 rings (SSSR count). The van der Waals surface area contributed by atoms with Gasteiger partial charge in [0.15, 0.2) is 0 Å². The van der Waals surface area contributed by atoms with Crippen molar-refractivity contribution in [2.24, 2.45) is 0 Å². The molecule has 0 bridgehead atoms. The summed E-state index contributed by atoms with van der Waals surface area (Å²) in [6.07, 6.45) is 3.17. The van der Waals surface area contributed by atoms with Crippen LogP contribution in [0.3, 0.4) is 0 Å². The Hall–Kier alpha value is -2.54. The molecule has 1 aliphatic heterocycles. The lowest BCUT2D eigenvalue weighted by atomic mass is 10.1. The van der Waals surface area contributed by atoms with Gasteiger partial charge in [-0.05, 0) is 30.5 Å². The van der Waals surface area contributed by atoms with E-state index in [-0.39, 0.29) is 18.0 Å². The van der Waals surface area contributed by atoms with Crippen LogP contribution in [0.1, 0.15) is 25.3 Å². The Labute approximate surface area is 157 Å². The maximum atomic E-state index is 12.3. The number of hydrogen-bond donors (Lipinski definition) is 2. The Kier molecular flexibility index (Phi) is 5.78. The molecule has 1 fully saturated rings. The van der Waals surface area contributed by atoms with Crippen LogP contribution >= 0.6 is 11.6 Å². The van der Waals surface area contributed by atoms with Crippen molar-refractivity contribution < 1.29 is 9.59 Å². The van der Waals surface area contributed by atoms with E-state index in [1.807, 2.05) is 24.3 Å². The fourth-order valence-electron chi connectivity index (χ4n) is 3.00. The Morgan fingerprint density at radius 2 is 1.88 bits per heavy atom. The van der Waals surface area contributed by atoms with E-state index in [4.69, 9.17) is 11.6 Å². The van der Waals surface area contributed by atoms with Crippen LogP contribution in [0, 0.1) is 0 Å². The summed E-state index contributed by atoms with van der Waals surface area (Å²) in [6, 6.07) is 9.07. The van der Waals surface area contributed by atoms with Crippen LogP contribution in [-0.2, 0) is 11.3 Å². The first-order chi connectivity index (χ1) is 12.5. The second-order valence-corrected chi connectivity index (χ2v) is 6.82. The standard InChI is InChI=1S/C18H22ClN5O2/c1-13(25)23-10-7-16(8-11-23)21-18(26)22-17-6-9-20-24(17)12-14-2-4-15(19)5-3-14/h2-6,9,16H,7-8,10-12H2,1H3,(H2,21,22,26). The normalized spacial score (nSPS) is 14.9. The zero-order valence-electron chi connectivity index (χ0n) is 14.6. The summed E-state index contributed by atoms with van der Waals surface area (Å²) in [7, 11) is 0. The molecular weight excluding hydrogens is 354 g/mol. The Balaban J connectivity index is 1.53. The van der Waals surface area contributed by atoms with Gasteiger partial charge < -0.3 is 10.2 Å². The van der Waals surface area contributed by atoms with E-state index in [0.717, 1.165) is 18.4 Å². The number of rotatable bonds is 4. The zero-order chi connectivity index (χ0) is 18.5. The van der Waals surface area contributed by atoms with Crippen LogP contribution in [-0.4, -0.2) is 45.8 Å². The first-order valence-corrected chi connectivity index (χ1v) is 8.98. The van der Waals surface area contributed by atoms with E-state index < -0.39 is 0 Å². The van der Waals surface area contributed by atoms with Crippen LogP contribution < -0.4 is 10.6 Å². The molecule has 1 aromatic carbocycles. The van der Waals surface area contributed by atoms with E-state index in [9.17, 15) is 9.59 Å². The predicted octanol–water partition coefficient (Wildman–Crippen LogP) is 2.72. The number of anilines is 1. The third-order valence-corrected chi connectivity index (χ3v) is 4.73. The molecule has 7 nitrogen and oxygen atoms in total. The van der Waals surface area contributed by atoms with Gasteiger partial charge in [0.1, 0.15) is 5.82 Å². The lowest BCUT2D eigenvalue weighted by Crippen LogP contribution is -2.47. The minimum atomic E-state index is -0.260. The summed E-state index contributed by atoms with van der Waals surface area (Å²) in [5, 5.41) is 10.8. The third kappa shape index (κ3) is 4.76. The maximum Gasteiger partial charge on any atom is 0.320 e. The number of halogens is 1. The van der Waals surface area contributed by atoms with Crippen LogP contribution in [0.15, 0.2) is 36.5 Å². The first-order valence-electron chi connectivity index (χ1n) is 8.60. The van der Waals surface area contributed by atoms with Crippen molar-refractivity contribution in [2.75, 3.05) is 18.4 Å². The molecule has 3 amide bonds. The number of piperidine rings is 1. The Morgan fingerprint density at radius 1 is 1.19 bits per heavy atom. The lowest BCUT2D eigenvalue weighted by molar-refractivity contribution is -0.129. The number of carbonyl (C=O) groups excluding carboxylic acids is 2. The smallest absolute Gasteiger partial charge is 0.320 e. The van der Waals surface area contributed by atoms with Crippen molar-refractivity contribution in [2.45, 2.75) is 32.4 Å². The first kappa shape index (κ1) is 18.3. The molecule has 0 unspecified atom stereocenters. The number of hydrogen-bond acceptors (Lipinski definition) is 3. The van der Waals surface area contributed by atoms with E-state index in [0.29, 0.717) is 30.5 Å². The van der Waals surface area contributed by atoms with Crippen molar-refractivity contribution in [1.82, 2.24) is 20.0 Å². The third-order valence-electron chi connectivity index (χ3n) is 4.48. The van der Waals surface area contributed by atoms with Crippen LogP contribution in [0.25, 0.3) is 0 Å². The zero-order valence-corrected chi connectivity index (χ0v) is 15.4. The van der Waals surface area contributed by atoms with Gasteiger partial charge in [-0.2, -0.15) is 5.10 Å². The van der Waals surface area contributed by atoms with Crippen molar-refractivity contribution in [1.29, 1.82) is 0 Å². The average Bonchev–Trinajstić information content (AvgIpc) is 3.04. The highest BCUT2D eigenvalue weighted by Gasteiger charge is 2.22. The molecular formula is C18H22ClN5O2. The van der Waals surface area contributed by atoms with Gasteiger partial charge in [0.25, 0.3) is 0 Å². The molecule has 138 valence electrons. The van der Waals surface area contributed by atoms with Gasteiger partial charge in [0.05, 0.1) is 12.7 Å². The maximum absolute atomic E-state index is 12.3. The van der Waals surface area contributed by atoms with E-state index in [2.05, 4.69) is 15.7 Å². The number of nitrogens with one attached hydrogen (secondary N) is 2. The molecule has 8 heteroatoms. The molecule has 2 heterocycles. The van der Waals surface area contributed by atoms with Gasteiger partial charge in [0.2, 0.25) is 5.91 Å². The van der Waals surface area contributed by atoms with E-state index >= 15 is 0 Å². The fraction of sp³-hybridized carbons (Fsp3) is 0.389. The summed E-state index contributed by atoms with van der Waals surface area (Å²) in [5.41, 5.74) is 1.04. The number of amides is 3. The number of urea groups is 1. The van der Waals surface area contributed by atoms with Gasteiger partial charge in [0, 0.05) is 37.1 Å². The van der Waals surface area contributed by atoms with E-state index in [1.165, 1.54) is 0 Å². The Morgan fingerprint density at radius 3 is 2.54 bits per heavy atom. The summed E-state index contributed by atoms with van der Waals surface area (Å²) in [6.45, 7) is 3.46. The number of benzene rings is 1. The van der Waals surface area contributed by atoms with E-state index in [1.54, 1.807) is 28.8 Å². The molecule has 0 atom stereocenters. The van der Waals surface area contributed by atoms with Gasteiger partial charge >= 0.3 is 6.03 Å². The topological polar surface area (TPSA) is 79.3 Å². The SMILES string of the molecule is CC(=O)N1CCC(NC(=O)Nc2ccnn2Cc2ccc(Cl)cc2)CC1. The van der Waals surface area contributed by atoms with Crippen molar-refractivity contribution in [3.8, 4) is 0 Å². The molecule has 0 radical (unpaired) electrons. The summed E-state index contributed by atoms with van der Waals surface area (Å²) in [4.78, 5) is 25.4. The highest BCUT2D eigenvalue weighted by atomic mass is 35.5. The van der Waals surface area contributed by atoms with Crippen LogP contribution in [0.5, 0.6) is 0 Å². The Bertz CT molecular complexity index is 766. The molecule has 1 aromatic heterocycles. The number of likely N-dealkylation sites (tertiary alicyclic amines) is 1. The molecule has 1 saturated heterocycles. The summed E-state index contributed by atoms with van der Waals surface area (Å²) < 4.78 is 1.72. The summed E-state index contributed by atoms with van der Waals surface area (Å²) in [5.74, 6) is 0.706.